The monoisotopic (exact) mass is 280 g/mol. The molecule has 1 aliphatic rings. The number of aromatic nitrogens is 3. The van der Waals surface area contributed by atoms with Gasteiger partial charge < -0.3 is 9.88 Å². The number of hydrogen-bond acceptors (Lipinski definition) is 3. The molecule has 1 aliphatic heterocycles. The van der Waals surface area contributed by atoms with E-state index in [4.69, 9.17) is 0 Å². The van der Waals surface area contributed by atoms with Crippen molar-refractivity contribution >= 4 is 27.1 Å². The van der Waals surface area contributed by atoms with Gasteiger partial charge in [-0.3, -0.25) is 0 Å². The number of hydrogen-bond donors (Lipinski definition) is 1. The van der Waals surface area contributed by atoms with Crippen molar-refractivity contribution in [3.63, 3.8) is 0 Å². The van der Waals surface area contributed by atoms with Crippen LogP contribution in [0.3, 0.4) is 0 Å². The first kappa shape index (κ1) is 10.2. The van der Waals surface area contributed by atoms with Crippen molar-refractivity contribution in [1.82, 2.24) is 19.9 Å². The predicted molar refractivity (Wildman–Crippen MR) is 66.4 cm³/mol. The van der Waals surface area contributed by atoms with Crippen LogP contribution in [-0.4, -0.2) is 27.1 Å². The molecule has 2 aromatic heterocycles. The van der Waals surface area contributed by atoms with Gasteiger partial charge in [0.1, 0.15) is 5.82 Å². The summed E-state index contributed by atoms with van der Waals surface area (Å²) < 4.78 is 3.24. The zero-order valence-corrected chi connectivity index (χ0v) is 10.7. The molecule has 0 aliphatic carbocycles. The van der Waals surface area contributed by atoms with Crippen LogP contribution in [0.25, 0.3) is 11.2 Å². The number of aryl methyl sites for hydroxylation is 1. The lowest BCUT2D eigenvalue weighted by Gasteiger charge is -2.28. The van der Waals surface area contributed by atoms with Crippen LogP contribution in [0.4, 0.5) is 0 Å². The summed E-state index contributed by atoms with van der Waals surface area (Å²) in [5.41, 5.74) is 1.94. The van der Waals surface area contributed by atoms with E-state index < -0.39 is 0 Å². The largest absolute Gasteiger partial charge is 0.325 e. The van der Waals surface area contributed by atoms with Crippen molar-refractivity contribution in [2.45, 2.75) is 25.9 Å². The van der Waals surface area contributed by atoms with Crippen LogP contribution >= 0.6 is 15.9 Å². The van der Waals surface area contributed by atoms with Gasteiger partial charge in [0, 0.05) is 23.3 Å². The van der Waals surface area contributed by atoms with Crippen molar-refractivity contribution in [3.05, 3.63) is 22.6 Å². The van der Waals surface area contributed by atoms with Crippen LogP contribution < -0.4 is 5.32 Å². The first-order valence-corrected chi connectivity index (χ1v) is 6.25. The third kappa shape index (κ3) is 1.64. The van der Waals surface area contributed by atoms with Crippen molar-refractivity contribution in [2.75, 3.05) is 6.54 Å². The highest BCUT2D eigenvalue weighted by Gasteiger charge is 2.19. The van der Waals surface area contributed by atoms with Crippen LogP contribution in [0.2, 0.25) is 0 Å². The molecule has 2 aromatic rings. The molecule has 3 heterocycles. The van der Waals surface area contributed by atoms with Crippen LogP contribution in [0.1, 0.15) is 12.2 Å². The number of imidazole rings is 1. The summed E-state index contributed by atoms with van der Waals surface area (Å²) in [5.74, 6) is 1.04. The second-order valence-corrected chi connectivity index (χ2v) is 5.12. The third-order valence-electron chi connectivity index (χ3n) is 3.09. The number of nitrogens with zero attached hydrogens (tertiary/aromatic N) is 3. The lowest BCUT2D eigenvalue weighted by molar-refractivity contribution is 0.331. The number of fused-ring (bicyclic) bond motifs is 1. The number of halogens is 1. The summed E-state index contributed by atoms with van der Waals surface area (Å²) in [4.78, 5) is 8.78. The molecule has 0 unspecified atom stereocenters. The van der Waals surface area contributed by atoms with Gasteiger partial charge in [0.05, 0.1) is 5.52 Å². The Morgan fingerprint density at radius 3 is 3.12 bits per heavy atom. The lowest BCUT2D eigenvalue weighted by atomic mass is 10.1. The highest BCUT2D eigenvalue weighted by molar-refractivity contribution is 9.10. The molecule has 0 saturated carbocycles. The Balaban J connectivity index is 2.06. The molecule has 4 nitrogen and oxygen atoms in total. The van der Waals surface area contributed by atoms with Crippen molar-refractivity contribution in [1.29, 1.82) is 0 Å². The van der Waals surface area contributed by atoms with E-state index in [1.807, 2.05) is 6.92 Å². The lowest BCUT2D eigenvalue weighted by Crippen LogP contribution is -2.45. The normalized spacial score (nSPS) is 20.0. The zero-order chi connectivity index (χ0) is 11.1. The molecule has 84 valence electrons. The molecule has 0 spiro atoms. The molecule has 0 aromatic carbocycles. The molecule has 1 fully saturated rings. The molecule has 0 amide bonds. The van der Waals surface area contributed by atoms with Crippen molar-refractivity contribution in [2.24, 2.45) is 0 Å². The molecule has 0 bridgehead atoms. The molecule has 1 saturated heterocycles. The van der Waals surface area contributed by atoms with E-state index in [0.717, 1.165) is 34.6 Å². The minimum absolute atomic E-state index is 0.593. The fourth-order valence-electron chi connectivity index (χ4n) is 2.05. The second kappa shape index (κ2) is 3.82. The highest BCUT2D eigenvalue weighted by Crippen LogP contribution is 2.20. The second-order valence-electron chi connectivity index (χ2n) is 4.21. The third-order valence-corrected chi connectivity index (χ3v) is 3.53. The Morgan fingerprint density at radius 1 is 1.62 bits per heavy atom. The Morgan fingerprint density at radius 2 is 2.44 bits per heavy atom. The molecule has 1 atom stereocenters. The highest BCUT2D eigenvalue weighted by atomic mass is 79.9. The topological polar surface area (TPSA) is 42.7 Å². The van der Waals surface area contributed by atoms with Gasteiger partial charge in [-0.2, -0.15) is 0 Å². The standard InChI is InChI=1S/C11H13BrN4/c1-7-15-11-10(4-8(12)5-14-11)16(7)6-9-2-3-13-9/h4-5,9,13H,2-3,6H2,1H3/t9-/m0/s1. The van der Waals surface area contributed by atoms with Crippen LogP contribution in [0, 0.1) is 6.92 Å². The predicted octanol–water partition coefficient (Wildman–Crippen LogP) is 1.86. The maximum absolute atomic E-state index is 4.47. The fourth-order valence-corrected chi connectivity index (χ4v) is 2.37. The van der Waals surface area contributed by atoms with E-state index in [2.05, 4.69) is 41.8 Å². The Hall–Kier alpha value is -0.940. The maximum atomic E-state index is 4.47. The van der Waals surface area contributed by atoms with E-state index in [9.17, 15) is 0 Å². The van der Waals surface area contributed by atoms with Crippen LogP contribution in [0.5, 0.6) is 0 Å². The van der Waals surface area contributed by atoms with Gasteiger partial charge in [-0.15, -0.1) is 0 Å². The van der Waals surface area contributed by atoms with Crippen molar-refractivity contribution < 1.29 is 0 Å². The smallest absolute Gasteiger partial charge is 0.177 e. The first-order chi connectivity index (χ1) is 7.74. The number of nitrogens with one attached hydrogen (secondary N) is 1. The van der Waals surface area contributed by atoms with Crippen molar-refractivity contribution in [3.8, 4) is 0 Å². The molecule has 5 heteroatoms. The number of rotatable bonds is 2. The van der Waals surface area contributed by atoms with E-state index in [1.54, 1.807) is 6.20 Å². The Bertz CT molecular complexity index is 530. The van der Waals surface area contributed by atoms with Gasteiger partial charge in [0.2, 0.25) is 0 Å². The summed E-state index contributed by atoms with van der Waals surface area (Å²) in [6.45, 7) is 4.16. The van der Waals surface area contributed by atoms with Gasteiger partial charge in [-0.1, -0.05) is 0 Å². The summed E-state index contributed by atoms with van der Waals surface area (Å²) in [5, 5.41) is 3.41. The molecular weight excluding hydrogens is 268 g/mol. The van der Waals surface area contributed by atoms with E-state index in [0.29, 0.717) is 6.04 Å². The van der Waals surface area contributed by atoms with Crippen LogP contribution in [-0.2, 0) is 6.54 Å². The van der Waals surface area contributed by atoms with Crippen LogP contribution in [0.15, 0.2) is 16.7 Å². The maximum Gasteiger partial charge on any atom is 0.177 e. The first-order valence-electron chi connectivity index (χ1n) is 5.46. The molecule has 1 N–H and O–H groups in total. The molecule has 16 heavy (non-hydrogen) atoms. The van der Waals surface area contributed by atoms with E-state index >= 15 is 0 Å². The zero-order valence-electron chi connectivity index (χ0n) is 9.07. The van der Waals surface area contributed by atoms with Gasteiger partial charge in [-0.05, 0) is 41.9 Å². The minimum atomic E-state index is 0.593. The average molecular weight is 281 g/mol. The summed E-state index contributed by atoms with van der Waals surface area (Å²) >= 11 is 3.45. The fraction of sp³-hybridized carbons (Fsp3) is 0.455. The van der Waals surface area contributed by atoms with E-state index in [-0.39, 0.29) is 0 Å². The number of pyridine rings is 1. The molecule has 0 radical (unpaired) electrons. The summed E-state index contributed by atoms with van der Waals surface area (Å²) in [6.07, 6.45) is 3.04. The molecule has 3 rings (SSSR count). The summed E-state index contributed by atoms with van der Waals surface area (Å²) in [6, 6.07) is 2.68. The average Bonchev–Trinajstić information content (AvgIpc) is 2.48. The Labute approximate surface area is 102 Å². The van der Waals surface area contributed by atoms with Gasteiger partial charge >= 0.3 is 0 Å². The quantitative estimate of drug-likeness (QED) is 0.913. The Kier molecular flexibility index (Phi) is 2.44. The van der Waals surface area contributed by atoms with Gasteiger partial charge in [-0.25, -0.2) is 9.97 Å². The van der Waals surface area contributed by atoms with Gasteiger partial charge in [0.25, 0.3) is 0 Å². The molecular formula is C11H13BrN4. The minimum Gasteiger partial charge on any atom is -0.325 e. The summed E-state index contributed by atoms with van der Waals surface area (Å²) in [7, 11) is 0. The van der Waals surface area contributed by atoms with E-state index in [1.165, 1.54) is 6.42 Å². The SMILES string of the molecule is Cc1nc2ncc(Br)cc2n1C[C@@H]1CCN1. The van der Waals surface area contributed by atoms with Gasteiger partial charge in [0.15, 0.2) is 5.65 Å².